The van der Waals surface area contributed by atoms with Gasteiger partial charge in [0, 0.05) is 19.5 Å². The Morgan fingerprint density at radius 1 is 1.53 bits per heavy atom. The molecule has 1 N–H and O–H groups in total. The Bertz CT molecular complexity index is 244. The zero-order valence-electron chi connectivity index (χ0n) is 9.19. The largest absolute Gasteiger partial charge is 0.464 e. The molecule has 2 fully saturated rings. The molecule has 0 aromatic carbocycles. The second-order valence-corrected chi connectivity index (χ2v) is 4.49. The Kier molecular flexibility index (Phi) is 3.26. The molecule has 2 aliphatic rings. The molecule has 2 saturated heterocycles. The number of rotatable bonds is 2. The molecular weight excluding hydrogens is 194 g/mol. The molecule has 2 aliphatic heterocycles. The fraction of sp³-hybridized carbons (Fsp3) is 0.909. The van der Waals surface area contributed by atoms with Crippen molar-refractivity contribution in [3.05, 3.63) is 0 Å². The number of esters is 1. The standard InChI is InChI=1S/C11H19NO3/c1-2-8-7-12(5-3-10(8)13)9-4-6-15-11(9)14/h8-10,13H,2-7H2,1H3. The molecule has 0 aromatic heterocycles. The molecule has 86 valence electrons. The molecule has 4 heteroatoms. The normalized spacial score (nSPS) is 38.0. The number of ether oxygens (including phenoxy) is 1. The highest BCUT2D eigenvalue weighted by molar-refractivity contribution is 5.77. The lowest BCUT2D eigenvalue weighted by atomic mass is 9.91. The van der Waals surface area contributed by atoms with Gasteiger partial charge in [0.2, 0.25) is 0 Å². The molecule has 4 nitrogen and oxygen atoms in total. The molecule has 2 rings (SSSR count). The smallest absolute Gasteiger partial charge is 0.323 e. The van der Waals surface area contributed by atoms with Crippen LogP contribution in [0.5, 0.6) is 0 Å². The summed E-state index contributed by atoms with van der Waals surface area (Å²) in [6.45, 7) is 4.29. The summed E-state index contributed by atoms with van der Waals surface area (Å²) in [6.07, 6.45) is 2.37. The van der Waals surface area contributed by atoms with Crippen LogP contribution in [-0.2, 0) is 9.53 Å². The predicted octanol–water partition coefficient (Wildman–Crippen LogP) is 0.395. The molecule has 0 saturated carbocycles. The van der Waals surface area contributed by atoms with Gasteiger partial charge in [-0.3, -0.25) is 9.69 Å². The summed E-state index contributed by atoms with van der Waals surface area (Å²) in [4.78, 5) is 13.6. The van der Waals surface area contributed by atoms with Crippen LogP contribution in [0.1, 0.15) is 26.2 Å². The maximum atomic E-state index is 11.4. The first-order chi connectivity index (χ1) is 7.22. The third-order valence-electron chi connectivity index (χ3n) is 3.60. The number of likely N-dealkylation sites (tertiary alicyclic amines) is 1. The van der Waals surface area contributed by atoms with E-state index in [-0.39, 0.29) is 18.1 Å². The summed E-state index contributed by atoms with van der Waals surface area (Å²) in [5, 5.41) is 9.75. The van der Waals surface area contributed by atoms with Crippen LogP contribution in [0.4, 0.5) is 0 Å². The third kappa shape index (κ3) is 2.16. The maximum Gasteiger partial charge on any atom is 0.323 e. The highest BCUT2D eigenvalue weighted by Gasteiger charge is 2.36. The molecule has 2 heterocycles. The summed E-state index contributed by atoms with van der Waals surface area (Å²) in [7, 11) is 0. The Hall–Kier alpha value is -0.610. The number of piperidine rings is 1. The van der Waals surface area contributed by atoms with E-state index < -0.39 is 0 Å². The van der Waals surface area contributed by atoms with Crippen molar-refractivity contribution in [3.8, 4) is 0 Å². The lowest BCUT2D eigenvalue weighted by molar-refractivity contribution is -0.143. The van der Waals surface area contributed by atoms with Gasteiger partial charge in [-0.1, -0.05) is 6.92 Å². The van der Waals surface area contributed by atoms with Crippen LogP contribution >= 0.6 is 0 Å². The van der Waals surface area contributed by atoms with Crippen molar-refractivity contribution >= 4 is 5.97 Å². The minimum Gasteiger partial charge on any atom is -0.464 e. The summed E-state index contributed by atoms with van der Waals surface area (Å²) in [5.41, 5.74) is 0. The van der Waals surface area contributed by atoms with Crippen LogP contribution in [0, 0.1) is 5.92 Å². The summed E-state index contributed by atoms with van der Waals surface area (Å²) in [6, 6.07) is -0.0495. The zero-order chi connectivity index (χ0) is 10.8. The highest BCUT2D eigenvalue weighted by Crippen LogP contribution is 2.24. The van der Waals surface area contributed by atoms with Crippen LogP contribution in [0.25, 0.3) is 0 Å². The van der Waals surface area contributed by atoms with E-state index in [1.165, 1.54) is 0 Å². The van der Waals surface area contributed by atoms with Crippen molar-refractivity contribution in [1.29, 1.82) is 0 Å². The van der Waals surface area contributed by atoms with E-state index in [4.69, 9.17) is 4.74 Å². The number of carbonyl (C=O) groups excluding carboxylic acids is 1. The monoisotopic (exact) mass is 213 g/mol. The number of cyclic esters (lactones) is 1. The Labute approximate surface area is 90.2 Å². The molecule has 15 heavy (non-hydrogen) atoms. The van der Waals surface area contributed by atoms with Crippen LogP contribution in [-0.4, -0.2) is 47.8 Å². The molecule has 0 aliphatic carbocycles. The summed E-state index contributed by atoms with van der Waals surface area (Å²) < 4.78 is 4.97. The first kappa shape index (κ1) is 10.9. The molecule has 0 spiro atoms. The highest BCUT2D eigenvalue weighted by atomic mass is 16.5. The summed E-state index contributed by atoms with van der Waals surface area (Å²) >= 11 is 0. The van der Waals surface area contributed by atoms with Crippen molar-refractivity contribution in [2.45, 2.75) is 38.3 Å². The van der Waals surface area contributed by atoms with Crippen LogP contribution < -0.4 is 0 Å². The first-order valence-electron chi connectivity index (χ1n) is 5.81. The van der Waals surface area contributed by atoms with E-state index in [1.54, 1.807) is 0 Å². The van der Waals surface area contributed by atoms with Crippen molar-refractivity contribution in [2.75, 3.05) is 19.7 Å². The van der Waals surface area contributed by atoms with Crippen LogP contribution in [0.15, 0.2) is 0 Å². The number of nitrogens with zero attached hydrogens (tertiary/aromatic N) is 1. The zero-order valence-corrected chi connectivity index (χ0v) is 9.19. The predicted molar refractivity (Wildman–Crippen MR) is 55.3 cm³/mol. The average molecular weight is 213 g/mol. The summed E-state index contributed by atoms with van der Waals surface area (Å²) in [5.74, 6) is 0.230. The van der Waals surface area contributed by atoms with E-state index in [0.29, 0.717) is 12.5 Å². The molecule has 0 radical (unpaired) electrons. The second kappa shape index (κ2) is 4.49. The average Bonchev–Trinajstić information content (AvgIpc) is 2.65. The lowest BCUT2D eigenvalue weighted by Gasteiger charge is -2.37. The molecular formula is C11H19NO3. The maximum absolute atomic E-state index is 11.4. The fourth-order valence-electron chi connectivity index (χ4n) is 2.55. The molecule has 0 bridgehead atoms. The van der Waals surface area contributed by atoms with Gasteiger partial charge in [-0.15, -0.1) is 0 Å². The van der Waals surface area contributed by atoms with E-state index in [2.05, 4.69) is 11.8 Å². The number of aliphatic hydroxyl groups excluding tert-OH is 1. The van der Waals surface area contributed by atoms with E-state index in [0.717, 1.165) is 32.4 Å². The van der Waals surface area contributed by atoms with E-state index >= 15 is 0 Å². The topological polar surface area (TPSA) is 49.8 Å². The van der Waals surface area contributed by atoms with Crippen LogP contribution in [0.2, 0.25) is 0 Å². The van der Waals surface area contributed by atoms with Gasteiger partial charge in [0.25, 0.3) is 0 Å². The molecule has 0 aromatic rings. The molecule has 3 unspecified atom stereocenters. The minimum atomic E-state index is -0.191. The van der Waals surface area contributed by atoms with Gasteiger partial charge >= 0.3 is 5.97 Å². The Morgan fingerprint density at radius 2 is 2.33 bits per heavy atom. The fourth-order valence-corrected chi connectivity index (χ4v) is 2.55. The van der Waals surface area contributed by atoms with E-state index in [1.807, 2.05) is 0 Å². The van der Waals surface area contributed by atoms with E-state index in [9.17, 15) is 9.90 Å². The SMILES string of the molecule is CCC1CN(C2CCOC2=O)CCC1O. The number of carbonyl (C=O) groups is 1. The number of aliphatic hydroxyl groups is 1. The van der Waals surface area contributed by atoms with Crippen molar-refractivity contribution in [2.24, 2.45) is 5.92 Å². The van der Waals surface area contributed by atoms with Crippen molar-refractivity contribution < 1.29 is 14.6 Å². The lowest BCUT2D eigenvalue weighted by Crippen LogP contribution is -2.49. The Balaban J connectivity index is 1.96. The van der Waals surface area contributed by atoms with Gasteiger partial charge in [0.15, 0.2) is 0 Å². The van der Waals surface area contributed by atoms with Gasteiger partial charge in [0.1, 0.15) is 6.04 Å². The first-order valence-corrected chi connectivity index (χ1v) is 5.81. The number of hydrogen-bond donors (Lipinski definition) is 1. The van der Waals surface area contributed by atoms with Gasteiger partial charge in [-0.2, -0.15) is 0 Å². The molecule has 0 amide bonds. The van der Waals surface area contributed by atoms with Crippen molar-refractivity contribution in [3.63, 3.8) is 0 Å². The van der Waals surface area contributed by atoms with Gasteiger partial charge < -0.3 is 9.84 Å². The minimum absolute atomic E-state index is 0.0495. The number of hydrogen-bond acceptors (Lipinski definition) is 4. The quantitative estimate of drug-likeness (QED) is 0.674. The van der Waals surface area contributed by atoms with Gasteiger partial charge in [-0.05, 0) is 18.8 Å². The Morgan fingerprint density at radius 3 is 2.93 bits per heavy atom. The van der Waals surface area contributed by atoms with Crippen molar-refractivity contribution in [1.82, 2.24) is 4.90 Å². The van der Waals surface area contributed by atoms with Gasteiger partial charge in [-0.25, -0.2) is 0 Å². The van der Waals surface area contributed by atoms with Gasteiger partial charge in [0.05, 0.1) is 12.7 Å². The second-order valence-electron chi connectivity index (χ2n) is 4.49. The third-order valence-corrected chi connectivity index (χ3v) is 3.60. The molecule has 3 atom stereocenters. The van der Waals surface area contributed by atoms with Crippen LogP contribution in [0.3, 0.4) is 0 Å².